The maximum atomic E-state index is 12.9. The third-order valence-corrected chi connectivity index (χ3v) is 6.26. The predicted molar refractivity (Wildman–Crippen MR) is 104 cm³/mol. The van der Waals surface area contributed by atoms with E-state index in [4.69, 9.17) is 5.11 Å². The van der Waals surface area contributed by atoms with Crippen LogP contribution in [0.1, 0.15) is 33.8 Å². The van der Waals surface area contributed by atoms with Crippen LogP contribution in [0, 0.1) is 12.8 Å². The number of benzene rings is 1. The molecule has 1 aliphatic rings. The molecule has 3 heterocycles. The van der Waals surface area contributed by atoms with E-state index in [-0.39, 0.29) is 11.8 Å². The van der Waals surface area contributed by atoms with Crippen LogP contribution >= 0.6 is 11.3 Å². The van der Waals surface area contributed by atoms with E-state index in [2.05, 4.69) is 17.2 Å². The molecular formula is C20H21N3O3S. The predicted octanol–water partition coefficient (Wildman–Crippen LogP) is 3.39. The van der Waals surface area contributed by atoms with E-state index in [0.717, 1.165) is 15.9 Å². The lowest BCUT2D eigenvalue weighted by atomic mass is 9.97. The Bertz CT molecular complexity index is 985. The van der Waals surface area contributed by atoms with Crippen LogP contribution in [0.25, 0.3) is 10.2 Å². The van der Waals surface area contributed by atoms with E-state index >= 15 is 0 Å². The summed E-state index contributed by atoms with van der Waals surface area (Å²) in [6.07, 6.45) is 1.04. The van der Waals surface area contributed by atoms with Gasteiger partial charge in [0.2, 0.25) is 0 Å². The SMILES string of the molecule is Cc1nn(Cc2ccccc2)c2sc(C(=O)N3CCC(C(=O)O)CC3)cc12. The number of amides is 1. The smallest absolute Gasteiger partial charge is 0.306 e. The molecule has 27 heavy (non-hydrogen) atoms. The molecule has 4 rings (SSSR count). The molecule has 1 amide bonds. The first kappa shape index (κ1) is 17.7. The summed E-state index contributed by atoms with van der Waals surface area (Å²) in [6.45, 7) is 3.63. The fourth-order valence-electron chi connectivity index (χ4n) is 3.57. The molecule has 0 aliphatic carbocycles. The van der Waals surface area contributed by atoms with Crippen molar-refractivity contribution >= 4 is 33.4 Å². The highest BCUT2D eigenvalue weighted by molar-refractivity contribution is 7.20. The first-order chi connectivity index (χ1) is 13.0. The lowest BCUT2D eigenvalue weighted by molar-refractivity contribution is -0.143. The second kappa shape index (κ2) is 7.15. The Morgan fingerprint density at radius 3 is 2.59 bits per heavy atom. The van der Waals surface area contributed by atoms with Gasteiger partial charge in [0.1, 0.15) is 4.83 Å². The molecule has 0 bridgehead atoms. The standard InChI is InChI=1S/C20H21N3O3S/c1-13-16-11-17(18(24)22-9-7-15(8-10-22)20(25)26)27-19(16)23(21-13)12-14-5-3-2-4-6-14/h2-6,11,15H,7-10,12H2,1H3,(H,25,26). The lowest BCUT2D eigenvalue weighted by Gasteiger charge is -2.29. The summed E-state index contributed by atoms with van der Waals surface area (Å²) < 4.78 is 1.96. The lowest BCUT2D eigenvalue weighted by Crippen LogP contribution is -2.39. The Balaban J connectivity index is 1.56. The van der Waals surface area contributed by atoms with Gasteiger partial charge in [0.05, 0.1) is 23.0 Å². The summed E-state index contributed by atoms with van der Waals surface area (Å²) in [4.78, 5) is 27.4. The normalized spacial score (nSPS) is 15.4. The van der Waals surface area contributed by atoms with E-state index in [1.165, 1.54) is 16.9 Å². The molecule has 6 nitrogen and oxygen atoms in total. The van der Waals surface area contributed by atoms with E-state index in [1.807, 2.05) is 35.9 Å². The van der Waals surface area contributed by atoms with Crippen LogP contribution in [0.15, 0.2) is 36.4 Å². The van der Waals surface area contributed by atoms with Crippen molar-refractivity contribution in [2.75, 3.05) is 13.1 Å². The first-order valence-electron chi connectivity index (χ1n) is 9.06. The van der Waals surface area contributed by atoms with Gasteiger partial charge in [-0.3, -0.25) is 14.3 Å². The highest BCUT2D eigenvalue weighted by atomic mass is 32.1. The number of likely N-dealkylation sites (tertiary alicyclic amines) is 1. The molecule has 1 aliphatic heterocycles. The maximum absolute atomic E-state index is 12.9. The number of carboxylic acid groups (broad SMARTS) is 1. The molecule has 1 aromatic carbocycles. The number of fused-ring (bicyclic) bond motifs is 1. The van der Waals surface area contributed by atoms with Gasteiger partial charge in [-0.15, -0.1) is 11.3 Å². The molecule has 0 saturated carbocycles. The van der Waals surface area contributed by atoms with Crippen molar-refractivity contribution in [1.82, 2.24) is 14.7 Å². The number of carbonyl (C=O) groups is 2. The Morgan fingerprint density at radius 1 is 1.22 bits per heavy atom. The topological polar surface area (TPSA) is 75.4 Å². The highest BCUT2D eigenvalue weighted by Crippen LogP contribution is 2.30. The molecule has 7 heteroatoms. The zero-order chi connectivity index (χ0) is 19.0. The zero-order valence-electron chi connectivity index (χ0n) is 15.1. The van der Waals surface area contributed by atoms with Crippen molar-refractivity contribution in [1.29, 1.82) is 0 Å². The van der Waals surface area contributed by atoms with Gasteiger partial charge in [-0.2, -0.15) is 5.10 Å². The van der Waals surface area contributed by atoms with Crippen LogP contribution in [0.3, 0.4) is 0 Å². The number of rotatable bonds is 4. The molecular weight excluding hydrogens is 362 g/mol. The van der Waals surface area contributed by atoms with Crippen molar-refractivity contribution < 1.29 is 14.7 Å². The van der Waals surface area contributed by atoms with Gasteiger partial charge in [0.15, 0.2) is 0 Å². The molecule has 2 aromatic heterocycles. The summed E-state index contributed by atoms with van der Waals surface area (Å²) >= 11 is 1.47. The van der Waals surface area contributed by atoms with Gasteiger partial charge in [-0.05, 0) is 31.4 Å². The summed E-state index contributed by atoms with van der Waals surface area (Å²) in [5.74, 6) is -1.11. The quantitative estimate of drug-likeness (QED) is 0.749. The Labute approximate surface area is 161 Å². The van der Waals surface area contributed by atoms with Gasteiger partial charge in [-0.25, -0.2) is 0 Å². The Morgan fingerprint density at radius 2 is 1.93 bits per heavy atom. The summed E-state index contributed by atoms with van der Waals surface area (Å²) in [7, 11) is 0. The number of aliphatic carboxylic acids is 1. The third-order valence-electron chi connectivity index (χ3n) is 5.12. The summed E-state index contributed by atoms with van der Waals surface area (Å²) in [5.41, 5.74) is 2.08. The minimum Gasteiger partial charge on any atom is -0.481 e. The van der Waals surface area contributed by atoms with Crippen molar-refractivity contribution in [3.63, 3.8) is 0 Å². The van der Waals surface area contributed by atoms with E-state index in [0.29, 0.717) is 37.4 Å². The van der Waals surface area contributed by atoms with Gasteiger partial charge in [0.25, 0.3) is 5.91 Å². The summed E-state index contributed by atoms with van der Waals surface area (Å²) in [5, 5.41) is 14.8. The molecule has 0 unspecified atom stereocenters. The molecule has 1 fully saturated rings. The number of aryl methyl sites for hydroxylation is 1. The van der Waals surface area contributed by atoms with Gasteiger partial charge in [-0.1, -0.05) is 30.3 Å². The van der Waals surface area contributed by atoms with Crippen molar-refractivity contribution in [3.8, 4) is 0 Å². The average molecular weight is 383 g/mol. The van der Waals surface area contributed by atoms with Gasteiger partial charge in [0, 0.05) is 18.5 Å². The van der Waals surface area contributed by atoms with E-state index in [1.54, 1.807) is 4.90 Å². The number of aromatic nitrogens is 2. The number of hydrogen-bond donors (Lipinski definition) is 1. The van der Waals surface area contributed by atoms with Gasteiger partial charge < -0.3 is 10.0 Å². The van der Waals surface area contributed by atoms with Gasteiger partial charge >= 0.3 is 5.97 Å². The molecule has 0 atom stereocenters. The monoisotopic (exact) mass is 383 g/mol. The minimum absolute atomic E-state index is 0.00861. The summed E-state index contributed by atoms with van der Waals surface area (Å²) in [6, 6.07) is 12.1. The van der Waals surface area contributed by atoms with Crippen molar-refractivity contribution in [3.05, 3.63) is 52.5 Å². The zero-order valence-corrected chi connectivity index (χ0v) is 15.9. The number of hydrogen-bond acceptors (Lipinski definition) is 4. The van der Waals surface area contributed by atoms with Crippen LogP contribution in [-0.4, -0.2) is 44.8 Å². The molecule has 3 aromatic rings. The first-order valence-corrected chi connectivity index (χ1v) is 9.87. The number of carboxylic acids is 1. The molecule has 1 saturated heterocycles. The molecule has 0 spiro atoms. The fraction of sp³-hybridized carbons (Fsp3) is 0.350. The number of thiophene rings is 1. The molecule has 1 N–H and O–H groups in total. The van der Waals surface area contributed by atoms with Crippen LogP contribution in [0.4, 0.5) is 0 Å². The second-order valence-corrected chi connectivity index (χ2v) is 7.99. The second-order valence-electron chi connectivity index (χ2n) is 6.96. The Hall–Kier alpha value is -2.67. The maximum Gasteiger partial charge on any atom is 0.306 e. The van der Waals surface area contributed by atoms with Crippen molar-refractivity contribution in [2.24, 2.45) is 5.92 Å². The minimum atomic E-state index is -0.763. The Kier molecular flexibility index (Phi) is 4.70. The number of nitrogens with zero attached hydrogens (tertiary/aromatic N) is 3. The van der Waals surface area contributed by atoms with E-state index in [9.17, 15) is 9.59 Å². The van der Waals surface area contributed by atoms with Crippen molar-refractivity contribution in [2.45, 2.75) is 26.3 Å². The largest absolute Gasteiger partial charge is 0.481 e. The molecule has 140 valence electrons. The van der Waals surface area contributed by atoms with Crippen LogP contribution in [-0.2, 0) is 11.3 Å². The van der Waals surface area contributed by atoms with Crippen LogP contribution in [0.5, 0.6) is 0 Å². The average Bonchev–Trinajstić information content (AvgIpc) is 3.24. The number of piperidine rings is 1. The molecule has 0 radical (unpaired) electrons. The fourth-order valence-corrected chi connectivity index (χ4v) is 4.70. The van der Waals surface area contributed by atoms with E-state index < -0.39 is 5.97 Å². The highest BCUT2D eigenvalue weighted by Gasteiger charge is 2.28. The van der Waals surface area contributed by atoms with Crippen LogP contribution < -0.4 is 0 Å². The third kappa shape index (κ3) is 3.47. The van der Waals surface area contributed by atoms with Crippen LogP contribution in [0.2, 0.25) is 0 Å². The number of carbonyl (C=O) groups excluding carboxylic acids is 1.